The third kappa shape index (κ3) is 3.75. The number of aromatic nitrogens is 2. The van der Waals surface area contributed by atoms with E-state index in [1.54, 1.807) is 31.6 Å². The van der Waals surface area contributed by atoms with Gasteiger partial charge < -0.3 is 24.1 Å². The summed E-state index contributed by atoms with van der Waals surface area (Å²) in [4.78, 5) is 21.7. The molecule has 4 heterocycles. The van der Waals surface area contributed by atoms with Crippen LogP contribution in [0.3, 0.4) is 0 Å². The van der Waals surface area contributed by atoms with Crippen molar-refractivity contribution in [3.05, 3.63) is 47.6 Å². The highest BCUT2D eigenvalue weighted by Gasteiger charge is 2.29. The number of hydrogen-bond acceptors (Lipinski definition) is 7. The van der Waals surface area contributed by atoms with E-state index in [4.69, 9.17) is 25.5 Å². The summed E-state index contributed by atoms with van der Waals surface area (Å²) in [7, 11) is 1.68. The second-order valence-electron chi connectivity index (χ2n) is 6.13. The minimum absolute atomic E-state index is 0.221. The maximum Gasteiger partial charge on any atom is 0.410 e. The van der Waals surface area contributed by atoms with E-state index in [2.05, 4.69) is 15.3 Å². The van der Waals surface area contributed by atoms with Crippen LogP contribution in [0.15, 0.2) is 41.1 Å². The summed E-state index contributed by atoms with van der Waals surface area (Å²) in [6, 6.07) is 7.12. The molecule has 0 radical (unpaired) electrons. The van der Waals surface area contributed by atoms with Crippen molar-refractivity contribution in [1.82, 2.24) is 14.9 Å². The number of halogens is 1. The van der Waals surface area contributed by atoms with Crippen molar-refractivity contribution in [3.63, 3.8) is 0 Å². The first-order valence-corrected chi connectivity index (χ1v) is 8.74. The predicted octanol–water partition coefficient (Wildman–Crippen LogP) is 3.32. The first-order valence-electron chi connectivity index (χ1n) is 8.36. The lowest BCUT2D eigenvalue weighted by Crippen LogP contribution is -2.23. The summed E-state index contributed by atoms with van der Waals surface area (Å²) in [5, 5.41) is 3.57. The first-order chi connectivity index (χ1) is 13.1. The number of likely N-dealkylation sites (N-methyl/N-ethyl adjacent to an activating group) is 1. The van der Waals surface area contributed by atoms with Crippen LogP contribution in [0.1, 0.15) is 5.76 Å². The van der Waals surface area contributed by atoms with Crippen LogP contribution in [0.25, 0.3) is 11.0 Å². The Kier molecular flexibility index (Phi) is 4.72. The molecule has 1 unspecified atom stereocenters. The lowest BCUT2D eigenvalue weighted by Gasteiger charge is -2.14. The van der Waals surface area contributed by atoms with Crippen LogP contribution in [0.5, 0.6) is 5.75 Å². The van der Waals surface area contributed by atoms with E-state index in [0.29, 0.717) is 35.0 Å². The van der Waals surface area contributed by atoms with Crippen molar-refractivity contribution in [1.29, 1.82) is 0 Å². The van der Waals surface area contributed by atoms with E-state index in [-0.39, 0.29) is 18.8 Å². The molecule has 0 aliphatic carbocycles. The molecule has 9 heteroatoms. The number of nitrogens with zero attached hydrogens (tertiary/aromatic N) is 3. The van der Waals surface area contributed by atoms with Crippen LogP contribution in [0.4, 0.5) is 10.5 Å². The van der Waals surface area contributed by atoms with Crippen LogP contribution in [0, 0.1) is 0 Å². The quantitative estimate of drug-likeness (QED) is 0.648. The molecule has 1 aliphatic rings. The molecule has 1 fully saturated rings. The van der Waals surface area contributed by atoms with Gasteiger partial charge >= 0.3 is 6.09 Å². The molecule has 3 aromatic rings. The van der Waals surface area contributed by atoms with Crippen molar-refractivity contribution in [2.24, 2.45) is 0 Å². The van der Waals surface area contributed by atoms with E-state index in [1.807, 2.05) is 12.1 Å². The van der Waals surface area contributed by atoms with Crippen molar-refractivity contribution >= 4 is 34.4 Å². The number of nitrogens with one attached hydrogen (secondary N) is 1. The van der Waals surface area contributed by atoms with Crippen molar-refractivity contribution in [2.45, 2.75) is 12.6 Å². The second kappa shape index (κ2) is 7.32. The van der Waals surface area contributed by atoms with Crippen LogP contribution in [0.2, 0.25) is 5.15 Å². The zero-order valence-electron chi connectivity index (χ0n) is 14.5. The highest BCUT2D eigenvalue weighted by atomic mass is 35.5. The molecule has 1 N–H and O–H groups in total. The highest BCUT2D eigenvalue weighted by Crippen LogP contribution is 2.30. The first kappa shape index (κ1) is 17.4. The zero-order valence-corrected chi connectivity index (χ0v) is 15.3. The molecule has 1 aliphatic heterocycles. The van der Waals surface area contributed by atoms with E-state index in [0.717, 1.165) is 11.4 Å². The van der Waals surface area contributed by atoms with Crippen LogP contribution < -0.4 is 10.1 Å². The van der Waals surface area contributed by atoms with E-state index in [1.165, 1.54) is 4.90 Å². The molecule has 140 valence electrons. The van der Waals surface area contributed by atoms with Gasteiger partial charge in [-0.1, -0.05) is 11.6 Å². The van der Waals surface area contributed by atoms with Crippen molar-refractivity contribution in [2.75, 3.05) is 25.5 Å². The Morgan fingerprint density at radius 1 is 1.41 bits per heavy atom. The molecule has 0 aromatic carbocycles. The lowest BCUT2D eigenvalue weighted by molar-refractivity contribution is 0.104. The number of hydrogen-bond donors (Lipinski definition) is 1. The summed E-state index contributed by atoms with van der Waals surface area (Å²) in [6.07, 6.45) is 2.57. The highest BCUT2D eigenvalue weighted by molar-refractivity contribution is 6.30. The molecule has 3 aromatic heterocycles. The van der Waals surface area contributed by atoms with Gasteiger partial charge in [-0.05, 0) is 12.1 Å². The number of carbonyl (C=O) groups is 1. The Morgan fingerprint density at radius 3 is 3.04 bits per heavy atom. The number of rotatable bonds is 6. The molecule has 0 spiro atoms. The normalized spacial score (nSPS) is 16.6. The fourth-order valence-corrected chi connectivity index (χ4v) is 3.03. The van der Waals surface area contributed by atoms with E-state index < -0.39 is 0 Å². The smallest absolute Gasteiger partial charge is 0.410 e. The molecule has 0 bridgehead atoms. The van der Waals surface area contributed by atoms with Gasteiger partial charge in [-0.15, -0.1) is 0 Å². The fourth-order valence-electron chi connectivity index (χ4n) is 2.83. The number of cyclic esters (lactones) is 1. The van der Waals surface area contributed by atoms with Gasteiger partial charge in [0.1, 0.15) is 34.3 Å². The SMILES string of the molecule is CN1CC(COc2ccnc3c(NCc4ccco4)cc(Cl)nc23)OC1=O. The molecule has 1 saturated heterocycles. The van der Waals surface area contributed by atoms with E-state index in [9.17, 15) is 4.79 Å². The fraction of sp³-hybridized carbons (Fsp3) is 0.278. The Balaban J connectivity index is 1.56. The number of anilines is 1. The Bertz CT molecular complexity index is 963. The van der Waals surface area contributed by atoms with Crippen molar-refractivity contribution in [3.8, 4) is 5.75 Å². The van der Waals surface area contributed by atoms with Gasteiger partial charge in [0.15, 0.2) is 6.10 Å². The number of carbonyl (C=O) groups excluding carboxylic acids is 1. The van der Waals surface area contributed by atoms with Gasteiger partial charge in [0.05, 0.1) is 25.0 Å². The minimum atomic E-state index is -0.353. The topological polar surface area (TPSA) is 89.7 Å². The maximum absolute atomic E-state index is 11.5. The van der Waals surface area contributed by atoms with Gasteiger partial charge in [-0.2, -0.15) is 0 Å². The maximum atomic E-state index is 11.5. The largest absolute Gasteiger partial charge is 0.487 e. The molecule has 8 nitrogen and oxygen atoms in total. The third-order valence-electron chi connectivity index (χ3n) is 4.14. The molecule has 27 heavy (non-hydrogen) atoms. The summed E-state index contributed by atoms with van der Waals surface area (Å²) in [5.41, 5.74) is 1.88. The Morgan fingerprint density at radius 2 is 2.30 bits per heavy atom. The van der Waals surface area contributed by atoms with Gasteiger partial charge in [-0.3, -0.25) is 4.98 Å². The Labute approximate surface area is 160 Å². The van der Waals surface area contributed by atoms with Gasteiger partial charge in [0.25, 0.3) is 0 Å². The van der Waals surface area contributed by atoms with Gasteiger partial charge in [0.2, 0.25) is 0 Å². The van der Waals surface area contributed by atoms with Crippen LogP contribution in [-0.2, 0) is 11.3 Å². The zero-order chi connectivity index (χ0) is 18.8. The molecule has 4 rings (SSSR count). The number of furan rings is 1. The minimum Gasteiger partial charge on any atom is -0.487 e. The number of fused-ring (bicyclic) bond motifs is 1. The number of ether oxygens (including phenoxy) is 2. The summed E-state index contributed by atoms with van der Waals surface area (Å²) < 4.78 is 16.4. The second-order valence-corrected chi connectivity index (χ2v) is 6.52. The van der Waals surface area contributed by atoms with E-state index >= 15 is 0 Å². The average Bonchev–Trinajstić information content (AvgIpc) is 3.28. The third-order valence-corrected chi connectivity index (χ3v) is 4.33. The van der Waals surface area contributed by atoms with Crippen molar-refractivity contribution < 1.29 is 18.7 Å². The van der Waals surface area contributed by atoms with Crippen LogP contribution in [-0.4, -0.2) is 47.3 Å². The van der Waals surface area contributed by atoms with Crippen LogP contribution >= 0.6 is 11.6 Å². The number of amides is 1. The van der Waals surface area contributed by atoms with Gasteiger partial charge in [-0.25, -0.2) is 9.78 Å². The summed E-state index contributed by atoms with van der Waals surface area (Å²) >= 11 is 6.19. The summed E-state index contributed by atoms with van der Waals surface area (Å²) in [6.45, 7) is 1.18. The molecule has 0 saturated carbocycles. The monoisotopic (exact) mass is 388 g/mol. The molecular formula is C18H17ClN4O4. The average molecular weight is 389 g/mol. The predicted molar refractivity (Wildman–Crippen MR) is 99.0 cm³/mol. The lowest BCUT2D eigenvalue weighted by atomic mass is 10.2. The molecule has 1 amide bonds. The molecule has 1 atom stereocenters. The molecular weight excluding hydrogens is 372 g/mol. The summed E-state index contributed by atoms with van der Waals surface area (Å²) in [5.74, 6) is 1.31. The number of pyridine rings is 2. The van der Waals surface area contributed by atoms with Gasteiger partial charge in [0, 0.05) is 25.4 Å². The Hall–Kier alpha value is -3.00. The standard InChI is InChI=1S/C18H17ClN4O4/c1-23-9-12(27-18(23)24)10-26-14-4-5-20-16-13(7-15(19)22-17(14)16)21-8-11-3-2-6-25-11/h2-7,12H,8-10H2,1H3,(H,21,22).